The molecule has 0 saturated carbocycles. The number of hydroxylamine groups is 2. The van der Waals surface area contributed by atoms with Gasteiger partial charge in [0, 0.05) is 26.2 Å². The van der Waals surface area contributed by atoms with Crippen molar-refractivity contribution in [3.05, 3.63) is 35.9 Å². The maximum atomic E-state index is 5.49. The Morgan fingerprint density at radius 1 is 1.19 bits per heavy atom. The summed E-state index contributed by atoms with van der Waals surface area (Å²) in [5, 5.41) is 1.95. The van der Waals surface area contributed by atoms with E-state index < -0.39 is 0 Å². The number of hydrogen-bond donors (Lipinski definition) is 0. The number of ether oxygens (including phenoxy) is 1. The van der Waals surface area contributed by atoms with E-state index in [1.54, 1.807) is 0 Å². The monoisotopic (exact) mass is 220 g/mol. The lowest BCUT2D eigenvalue weighted by atomic mass is 10.2. The molecule has 86 valence electrons. The quantitative estimate of drug-likeness (QED) is 0.743. The van der Waals surface area contributed by atoms with Crippen LogP contribution in [0.4, 0.5) is 0 Å². The van der Waals surface area contributed by atoms with Crippen LogP contribution in [0.25, 0.3) is 0 Å². The molecule has 0 radical (unpaired) electrons. The second-order valence-electron chi connectivity index (χ2n) is 4.23. The highest BCUT2D eigenvalue weighted by molar-refractivity contribution is 5.14. The largest absolute Gasteiger partial charge is 0.332 e. The number of rotatable bonds is 2. The van der Waals surface area contributed by atoms with Crippen LogP contribution in [0.5, 0.6) is 0 Å². The fourth-order valence-electron chi connectivity index (χ4n) is 2.23. The van der Waals surface area contributed by atoms with E-state index in [0.717, 1.165) is 26.2 Å². The predicted molar refractivity (Wildman–Crippen MR) is 59.3 cm³/mol. The van der Waals surface area contributed by atoms with Crippen LogP contribution in [-0.4, -0.2) is 42.6 Å². The molecular weight excluding hydrogens is 204 g/mol. The topological polar surface area (TPSA) is 24.9 Å². The summed E-state index contributed by atoms with van der Waals surface area (Å²) in [7, 11) is 0. The molecule has 0 N–H and O–H groups in total. The zero-order valence-electron chi connectivity index (χ0n) is 9.21. The second kappa shape index (κ2) is 4.51. The average molecular weight is 220 g/mol. The van der Waals surface area contributed by atoms with Crippen molar-refractivity contribution in [1.82, 2.24) is 9.96 Å². The summed E-state index contributed by atoms with van der Waals surface area (Å²) in [6.07, 6.45) is 0.123. The van der Waals surface area contributed by atoms with Crippen molar-refractivity contribution in [3.63, 3.8) is 0 Å². The molecule has 4 nitrogen and oxygen atoms in total. The molecule has 0 aromatic heterocycles. The molecule has 0 aliphatic carbocycles. The summed E-state index contributed by atoms with van der Waals surface area (Å²) >= 11 is 0. The van der Waals surface area contributed by atoms with Crippen molar-refractivity contribution in [3.8, 4) is 0 Å². The van der Waals surface area contributed by atoms with E-state index >= 15 is 0 Å². The molecule has 2 fully saturated rings. The van der Waals surface area contributed by atoms with Crippen LogP contribution in [0.15, 0.2) is 30.3 Å². The van der Waals surface area contributed by atoms with Crippen molar-refractivity contribution in [1.29, 1.82) is 0 Å². The van der Waals surface area contributed by atoms with Gasteiger partial charge in [-0.1, -0.05) is 30.3 Å². The van der Waals surface area contributed by atoms with Gasteiger partial charge in [0.15, 0.2) is 6.79 Å². The van der Waals surface area contributed by atoms with Crippen molar-refractivity contribution in [2.75, 3.05) is 26.4 Å². The Bertz CT molecular complexity index is 344. The first-order chi connectivity index (χ1) is 7.92. The molecule has 2 heterocycles. The lowest BCUT2D eigenvalue weighted by Crippen LogP contribution is -2.49. The van der Waals surface area contributed by atoms with Gasteiger partial charge in [0.05, 0.1) is 0 Å². The Morgan fingerprint density at radius 2 is 2.06 bits per heavy atom. The van der Waals surface area contributed by atoms with Gasteiger partial charge in [-0.15, -0.1) is 0 Å². The minimum atomic E-state index is 0.123. The molecule has 2 saturated heterocycles. The van der Waals surface area contributed by atoms with Gasteiger partial charge < -0.3 is 4.74 Å². The van der Waals surface area contributed by atoms with E-state index in [0.29, 0.717) is 6.79 Å². The lowest BCUT2D eigenvalue weighted by molar-refractivity contribution is -0.156. The second-order valence-corrected chi connectivity index (χ2v) is 4.23. The molecule has 0 bridgehead atoms. The van der Waals surface area contributed by atoms with E-state index in [1.807, 2.05) is 5.06 Å². The van der Waals surface area contributed by atoms with Crippen LogP contribution in [-0.2, 0) is 16.1 Å². The van der Waals surface area contributed by atoms with Crippen LogP contribution in [0, 0.1) is 0 Å². The standard InChI is InChI=1S/C12H16N2O2/c1-2-4-11(5-3-1)8-13-6-7-14-12(9-13)15-10-16-14/h1-5,12H,6-10H2. The molecular formula is C12H16N2O2. The van der Waals surface area contributed by atoms with E-state index in [1.165, 1.54) is 5.56 Å². The van der Waals surface area contributed by atoms with Crippen molar-refractivity contribution < 1.29 is 9.57 Å². The number of benzene rings is 1. The first-order valence-corrected chi connectivity index (χ1v) is 5.69. The molecule has 0 amide bonds. The third-order valence-corrected chi connectivity index (χ3v) is 3.10. The molecule has 2 aliphatic heterocycles. The molecule has 16 heavy (non-hydrogen) atoms. The highest BCUT2D eigenvalue weighted by atomic mass is 16.8. The molecule has 1 aromatic carbocycles. The summed E-state index contributed by atoms with van der Waals surface area (Å²) in [4.78, 5) is 7.75. The third-order valence-electron chi connectivity index (χ3n) is 3.10. The van der Waals surface area contributed by atoms with E-state index in [4.69, 9.17) is 9.57 Å². The van der Waals surface area contributed by atoms with E-state index in [-0.39, 0.29) is 6.23 Å². The third kappa shape index (κ3) is 2.10. The first kappa shape index (κ1) is 10.2. The van der Waals surface area contributed by atoms with Crippen molar-refractivity contribution >= 4 is 0 Å². The first-order valence-electron chi connectivity index (χ1n) is 5.69. The van der Waals surface area contributed by atoms with Gasteiger partial charge in [-0.3, -0.25) is 9.74 Å². The summed E-state index contributed by atoms with van der Waals surface area (Å²) < 4.78 is 5.49. The summed E-state index contributed by atoms with van der Waals surface area (Å²) in [5.41, 5.74) is 1.36. The normalized spacial score (nSPS) is 26.9. The zero-order valence-corrected chi connectivity index (χ0v) is 9.21. The number of fused-ring (bicyclic) bond motifs is 1. The molecule has 1 unspecified atom stereocenters. The maximum absolute atomic E-state index is 5.49. The predicted octanol–water partition coefficient (Wildman–Crippen LogP) is 1.05. The Labute approximate surface area is 95.3 Å². The Balaban J connectivity index is 1.60. The molecule has 4 heteroatoms. The lowest BCUT2D eigenvalue weighted by Gasteiger charge is -2.34. The molecule has 2 aliphatic rings. The fraction of sp³-hybridized carbons (Fsp3) is 0.500. The summed E-state index contributed by atoms with van der Waals surface area (Å²) in [6, 6.07) is 10.5. The average Bonchev–Trinajstić information content (AvgIpc) is 2.77. The minimum absolute atomic E-state index is 0.123. The van der Waals surface area contributed by atoms with Gasteiger partial charge in [0.25, 0.3) is 0 Å². The van der Waals surface area contributed by atoms with Gasteiger partial charge in [0.1, 0.15) is 6.23 Å². The minimum Gasteiger partial charge on any atom is -0.332 e. The molecule has 1 aromatic rings. The van der Waals surface area contributed by atoms with Gasteiger partial charge in [0.2, 0.25) is 0 Å². The summed E-state index contributed by atoms with van der Waals surface area (Å²) in [6.45, 7) is 4.29. The highest BCUT2D eigenvalue weighted by Gasteiger charge is 2.32. The maximum Gasteiger partial charge on any atom is 0.169 e. The van der Waals surface area contributed by atoms with Crippen molar-refractivity contribution in [2.45, 2.75) is 12.8 Å². The number of piperazine rings is 1. The Kier molecular flexibility index (Phi) is 2.88. The van der Waals surface area contributed by atoms with E-state index in [2.05, 4.69) is 35.2 Å². The van der Waals surface area contributed by atoms with Gasteiger partial charge in [-0.05, 0) is 5.56 Å². The zero-order chi connectivity index (χ0) is 10.8. The van der Waals surface area contributed by atoms with Crippen LogP contribution < -0.4 is 0 Å². The molecule has 0 spiro atoms. The number of hydrogen-bond acceptors (Lipinski definition) is 4. The summed E-state index contributed by atoms with van der Waals surface area (Å²) in [5.74, 6) is 0. The van der Waals surface area contributed by atoms with Crippen LogP contribution in [0.1, 0.15) is 5.56 Å². The molecule has 3 rings (SSSR count). The van der Waals surface area contributed by atoms with Crippen molar-refractivity contribution in [2.24, 2.45) is 0 Å². The Morgan fingerprint density at radius 3 is 2.94 bits per heavy atom. The van der Waals surface area contributed by atoms with Gasteiger partial charge in [-0.2, -0.15) is 5.06 Å². The Hall–Kier alpha value is -0.940. The van der Waals surface area contributed by atoms with Gasteiger partial charge >= 0.3 is 0 Å². The van der Waals surface area contributed by atoms with Crippen LogP contribution in [0.2, 0.25) is 0 Å². The number of nitrogens with zero attached hydrogens (tertiary/aromatic N) is 2. The fourth-order valence-corrected chi connectivity index (χ4v) is 2.23. The smallest absolute Gasteiger partial charge is 0.169 e. The van der Waals surface area contributed by atoms with Crippen LogP contribution >= 0.6 is 0 Å². The van der Waals surface area contributed by atoms with Gasteiger partial charge in [-0.25, -0.2) is 0 Å². The SMILES string of the molecule is c1ccc(CN2CCN3OCOC3C2)cc1. The highest BCUT2D eigenvalue weighted by Crippen LogP contribution is 2.18. The van der Waals surface area contributed by atoms with Crippen LogP contribution in [0.3, 0.4) is 0 Å². The molecule has 1 atom stereocenters. The van der Waals surface area contributed by atoms with E-state index in [9.17, 15) is 0 Å².